The van der Waals surface area contributed by atoms with Crippen molar-refractivity contribution >= 4 is 5.97 Å². The lowest BCUT2D eigenvalue weighted by atomic mass is 10.3. The van der Waals surface area contributed by atoms with E-state index in [-0.39, 0.29) is 6.42 Å². The molecule has 0 spiro atoms. The van der Waals surface area contributed by atoms with Crippen molar-refractivity contribution < 1.29 is 14.3 Å². The lowest BCUT2D eigenvalue weighted by Crippen LogP contribution is -2.17. The summed E-state index contributed by atoms with van der Waals surface area (Å²) in [4.78, 5) is 10.1. The van der Waals surface area contributed by atoms with Gasteiger partial charge in [-0.1, -0.05) is 0 Å². The Labute approximate surface area is 70.2 Å². The first-order chi connectivity index (χ1) is 5.79. The van der Waals surface area contributed by atoms with Crippen molar-refractivity contribution in [2.45, 2.75) is 13.0 Å². The van der Waals surface area contributed by atoms with E-state index in [1.165, 1.54) is 0 Å². The Morgan fingerprint density at radius 2 is 2.50 bits per heavy atom. The summed E-state index contributed by atoms with van der Waals surface area (Å²) in [6.07, 6.45) is 3.37. The first-order valence-corrected chi connectivity index (χ1v) is 3.72. The average Bonchev–Trinajstić information content (AvgIpc) is 2.49. The van der Waals surface area contributed by atoms with E-state index in [1.54, 1.807) is 12.5 Å². The molecule has 1 aromatic rings. The molecule has 0 fully saturated rings. The Balaban J connectivity index is 2.07. The number of nitrogens with one attached hydrogen (secondary N) is 1. The molecule has 0 aliphatic heterocycles. The second kappa shape index (κ2) is 4.56. The van der Waals surface area contributed by atoms with Crippen molar-refractivity contribution in [3.63, 3.8) is 0 Å². The number of aliphatic carboxylic acids is 1. The SMILES string of the molecule is O=C(O)CCNCc1ccoc1. The third-order valence-corrected chi connectivity index (χ3v) is 1.42. The third-order valence-electron chi connectivity index (χ3n) is 1.42. The average molecular weight is 169 g/mol. The standard InChI is InChI=1S/C8H11NO3/c10-8(11)1-3-9-5-7-2-4-12-6-7/h2,4,6,9H,1,3,5H2,(H,10,11). The predicted octanol–water partition coefficient (Wildman–Crippen LogP) is 0.844. The molecule has 0 aromatic carbocycles. The molecule has 12 heavy (non-hydrogen) atoms. The zero-order chi connectivity index (χ0) is 8.81. The monoisotopic (exact) mass is 169 g/mol. The van der Waals surface area contributed by atoms with Gasteiger partial charge in [0.15, 0.2) is 0 Å². The van der Waals surface area contributed by atoms with Crippen molar-refractivity contribution in [1.29, 1.82) is 0 Å². The fourth-order valence-corrected chi connectivity index (χ4v) is 0.821. The molecule has 0 bridgehead atoms. The smallest absolute Gasteiger partial charge is 0.304 e. The molecule has 0 saturated carbocycles. The van der Waals surface area contributed by atoms with E-state index in [0.717, 1.165) is 5.56 Å². The lowest BCUT2D eigenvalue weighted by Gasteiger charge is -1.98. The van der Waals surface area contributed by atoms with Gasteiger partial charge in [-0.3, -0.25) is 4.79 Å². The Morgan fingerprint density at radius 1 is 1.67 bits per heavy atom. The van der Waals surface area contributed by atoms with Crippen LogP contribution in [-0.2, 0) is 11.3 Å². The quantitative estimate of drug-likeness (QED) is 0.641. The molecule has 0 aliphatic rings. The van der Waals surface area contributed by atoms with Gasteiger partial charge in [-0.2, -0.15) is 0 Å². The summed E-state index contributed by atoms with van der Waals surface area (Å²) < 4.78 is 4.84. The highest BCUT2D eigenvalue weighted by atomic mass is 16.4. The molecular weight excluding hydrogens is 158 g/mol. The number of rotatable bonds is 5. The molecular formula is C8H11NO3. The maximum absolute atomic E-state index is 10.1. The minimum atomic E-state index is -0.783. The number of carboxylic acids is 1. The van der Waals surface area contributed by atoms with Crippen molar-refractivity contribution in [1.82, 2.24) is 5.32 Å². The van der Waals surface area contributed by atoms with Crippen LogP contribution in [0.4, 0.5) is 0 Å². The summed E-state index contributed by atoms with van der Waals surface area (Å²) in [7, 11) is 0. The summed E-state index contributed by atoms with van der Waals surface area (Å²) in [6.45, 7) is 1.14. The number of hydrogen-bond acceptors (Lipinski definition) is 3. The van der Waals surface area contributed by atoms with Gasteiger partial charge in [0.2, 0.25) is 0 Å². The van der Waals surface area contributed by atoms with E-state index in [9.17, 15) is 4.79 Å². The van der Waals surface area contributed by atoms with Gasteiger partial charge in [0, 0.05) is 18.7 Å². The van der Waals surface area contributed by atoms with Gasteiger partial charge in [0.05, 0.1) is 18.9 Å². The predicted molar refractivity (Wildman–Crippen MR) is 42.7 cm³/mol. The van der Waals surface area contributed by atoms with Crippen LogP contribution in [0.25, 0.3) is 0 Å². The Hall–Kier alpha value is -1.29. The molecule has 66 valence electrons. The fourth-order valence-electron chi connectivity index (χ4n) is 0.821. The van der Waals surface area contributed by atoms with Crippen LogP contribution < -0.4 is 5.32 Å². The van der Waals surface area contributed by atoms with E-state index in [2.05, 4.69) is 5.32 Å². The molecule has 0 aliphatic carbocycles. The van der Waals surface area contributed by atoms with Gasteiger partial charge in [0.1, 0.15) is 0 Å². The topological polar surface area (TPSA) is 62.5 Å². The highest BCUT2D eigenvalue weighted by molar-refractivity contribution is 5.66. The van der Waals surface area contributed by atoms with E-state index < -0.39 is 5.97 Å². The molecule has 2 N–H and O–H groups in total. The zero-order valence-electron chi connectivity index (χ0n) is 6.62. The number of carbonyl (C=O) groups is 1. The van der Waals surface area contributed by atoms with Crippen LogP contribution in [0.15, 0.2) is 23.0 Å². The summed E-state index contributed by atoms with van der Waals surface area (Å²) >= 11 is 0. The largest absolute Gasteiger partial charge is 0.481 e. The van der Waals surface area contributed by atoms with E-state index in [0.29, 0.717) is 13.1 Å². The highest BCUT2D eigenvalue weighted by Gasteiger charge is 1.96. The molecule has 1 heterocycles. The normalized spacial score (nSPS) is 10.0. The molecule has 0 saturated heterocycles. The van der Waals surface area contributed by atoms with Gasteiger partial charge in [-0.15, -0.1) is 0 Å². The molecule has 4 nitrogen and oxygen atoms in total. The van der Waals surface area contributed by atoms with E-state index in [4.69, 9.17) is 9.52 Å². The van der Waals surface area contributed by atoms with E-state index >= 15 is 0 Å². The molecule has 0 atom stereocenters. The van der Waals surface area contributed by atoms with Gasteiger partial charge < -0.3 is 14.8 Å². The first-order valence-electron chi connectivity index (χ1n) is 3.72. The van der Waals surface area contributed by atoms with Gasteiger partial charge >= 0.3 is 5.97 Å². The van der Waals surface area contributed by atoms with Crippen LogP contribution in [0.3, 0.4) is 0 Å². The molecule has 1 aromatic heterocycles. The Bertz CT molecular complexity index is 230. The maximum atomic E-state index is 10.1. The molecule has 0 radical (unpaired) electrons. The van der Waals surface area contributed by atoms with Gasteiger partial charge in [0.25, 0.3) is 0 Å². The summed E-state index contributed by atoms with van der Waals surface area (Å²) in [5.74, 6) is -0.783. The second-order valence-corrected chi connectivity index (χ2v) is 2.45. The Morgan fingerprint density at radius 3 is 3.08 bits per heavy atom. The van der Waals surface area contributed by atoms with Gasteiger partial charge in [-0.25, -0.2) is 0 Å². The van der Waals surface area contributed by atoms with Crippen molar-refractivity contribution in [2.24, 2.45) is 0 Å². The second-order valence-electron chi connectivity index (χ2n) is 2.45. The molecule has 4 heteroatoms. The first kappa shape index (κ1) is 8.80. The summed E-state index contributed by atoms with van der Waals surface area (Å²) in [5, 5.41) is 11.3. The third kappa shape index (κ3) is 3.21. The van der Waals surface area contributed by atoms with Crippen LogP contribution in [0.2, 0.25) is 0 Å². The van der Waals surface area contributed by atoms with Crippen molar-refractivity contribution in [3.8, 4) is 0 Å². The minimum Gasteiger partial charge on any atom is -0.481 e. The zero-order valence-corrected chi connectivity index (χ0v) is 6.62. The maximum Gasteiger partial charge on any atom is 0.304 e. The lowest BCUT2D eigenvalue weighted by molar-refractivity contribution is -0.136. The minimum absolute atomic E-state index is 0.151. The van der Waals surface area contributed by atoms with Crippen LogP contribution in [0.1, 0.15) is 12.0 Å². The molecule has 1 rings (SSSR count). The van der Waals surface area contributed by atoms with Crippen LogP contribution in [-0.4, -0.2) is 17.6 Å². The van der Waals surface area contributed by atoms with Crippen LogP contribution in [0, 0.1) is 0 Å². The Kier molecular flexibility index (Phi) is 3.35. The number of furan rings is 1. The highest BCUT2D eigenvalue weighted by Crippen LogP contribution is 1.97. The van der Waals surface area contributed by atoms with Crippen LogP contribution >= 0.6 is 0 Å². The van der Waals surface area contributed by atoms with Crippen molar-refractivity contribution in [3.05, 3.63) is 24.2 Å². The number of hydrogen-bond donors (Lipinski definition) is 2. The van der Waals surface area contributed by atoms with Crippen LogP contribution in [0.5, 0.6) is 0 Å². The number of carboxylic acid groups (broad SMARTS) is 1. The fraction of sp³-hybridized carbons (Fsp3) is 0.375. The molecule has 0 amide bonds. The van der Waals surface area contributed by atoms with E-state index in [1.807, 2.05) is 6.07 Å². The summed E-state index contributed by atoms with van der Waals surface area (Å²) in [6, 6.07) is 1.84. The van der Waals surface area contributed by atoms with Crippen molar-refractivity contribution in [2.75, 3.05) is 6.54 Å². The summed E-state index contributed by atoms with van der Waals surface area (Å²) in [5.41, 5.74) is 1.03. The molecule has 0 unspecified atom stereocenters. The van der Waals surface area contributed by atoms with Gasteiger partial charge in [-0.05, 0) is 6.07 Å².